The van der Waals surface area contributed by atoms with E-state index in [1.165, 1.54) is 33.4 Å². The lowest BCUT2D eigenvalue weighted by Gasteiger charge is -2.36. The van der Waals surface area contributed by atoms with Crippen LogP contribution in [0.4, 0.5) is 0 Å². The van der Waals surface area contributed by atoms with Crippen LogP contribution in [-0.4, -0.2) is 13.1 Å². The zero-order valence-electron chi connectivity index (χ0n) is 14.0. The van der Waals surface area contributed by atoms with Gasteiger partial charge in [0.25, 0.3) is 0 Å². The van der Waals surface area contributed by atoms with E-state index >= 15 is 0 Å². The number of hydrogen-bond acceptors (Lipinski definition) is 2. The maximum absolute atomic E-state index is 3.74. The second-order valence-electron chi connectivity index (χ2n) is 6.58. The lowest BCUT2D eigenvalue weighted by Crippen LogP contribution is -2.45. The second-order valence-corrected chi connectivity index (χ2v) is 6.58. The third-order valence-electron chi connectivity index (χ3n) is 4.73. The highest BCUT2D eigenvalue weighted by molar-refractivity contribution is 5.39. The van der Waals surface area contributed by atoms with Gasteiger partial charge in [0.05, 0.1) is 12.1 Å². The van der Waals surface area contributed by atoms with Gasteiger partial charge in [-0.05, 0) is 49.9 Å². The molecule has 116 valence electrons. The molecule has 22 heavy (non-hydrogen) atoms. The molecule has 3 rings (SSSR count). The zero-order chi connectivity index (χ0) is 15.7. The largest absolute Gasteiger partial charge is 0.307 e. The van der Waals surface area contributed by atoms with Crippen molar-refractivity contribution in [2.75, 3.05) is 13.1 Å². The van der Waals surface area contributed by atoms with Gasteiger partial charge in [-0.25, -0.2) is 0 Å². The molecule has 0 radical (unpaired) electrons. The van der Waals surface area contributed by atoms with Crippen molar-refractivity contribution in [1.29, 1.82) is 0 Å². The Kier molecular flexibility index (Phi) is 4.32. The SMILES string of the molecule is Cc1ccc(C)c([C@@H]2NCCN[C@H]2c2cc(C)ccc2C)c1. The molecule has 1 aliphatic heterocycles. The number of aryl methyl sites for hydroxylation is 4. The molecule has 0 spiro atoms. The van der Waals surface area contributed by atoms with Crippen molar-refractivity contribution in [2.24, 2.45) is 0 Å². The predicted molar refractivity (Wildman–Crippen MR) is 93.3 cm³/mol. The Morgan fingerprint density at radius 3 is 1.50 bits per heavy atom. The molecular weight excluding hydrogens is 268 g/mol. The standard InChI is InChI=1S/C20H26N2/c1-13-5-7-15(3)17(11-13)19-20(22-10-9-21-19)18-12-14(2)6-8-16(18)4/h5-8,11-12,19-22H,9-10H2,1-4H3/t19-,20-/m0/s1. The van der Waals surface area contributed by atoms with Crippen molar-refractivity contribution < 1.29 is 0 Å². The van der Waals surface area contributed by atoms with Crippen LogP contribution in [0.2, 0.25) is 0 Å². The molecule has 0 aromatic heterocycles. The number of rotatable bonds is 2. The number of piperazine rings is 1. The number of nitrogens with one attached hydrogen (secondary N) is 2. The molecule has 0 bridgehead atoms. The fraction of sp³-hybridized carbons (Fsp3) is 0.400. The minimum absolute atomic E-state index is 0.328. The third kappa shape index (κ3) is 2.94. The van der Waals surface area contributed by atoms with E-state index in [-0.39, 0.29) is 0 Å². The first-order valence-corrected chi connectivity index (χ1v) is 8.17. The zero-order valence-corrected chi connectivity index (χ0v) is 14.0. The summed E-state index contributed by atoms with van der Waals surface area (Å²) in [5, 5.41) is 7.47. The fourth-order valence-corrected chi connectivity index (χ4v) is 3.46. The van der Waals surface area contributed by atoms with Gasteiger partial charge < -0.3 is 10.6 Å². The number of hydrogen-bond donors (Lipinski definition) is 2. The Morgan fingerprint density at radius 1 is 0.682 bits per heavy atom. The van der Waals surface area contributed by atoms with Gasteiger partial charge in [-0.1, -0.05) is 47.5 Å². The molecule has 2 aromatic carbocycles. The minimum atomic E-state index is 0.328. The van der Waals surface area contributed by atoms with E-state index in [0.29, 0.717) is 12.1 Å². The molecule has 2 nitrogen and oxygen atoms in total. The van der Waals surface area contributed by atoms with Gasteiger partial charge in [-0.2, -0.15) is 0 Å². The molecule has 2 heteroatoms. The smallest absolute Gasteiger partial charge is 0.0521 e. The summed E-state index contributed by atoms with van der Waals surface area (Å²) < 4.78 is 0. The van der Waals surface area contributed by atoms with Gasteiger partial charge in [-0.15, -0.1) is 0 Å². The first-order chi connectivity index (χ1) is 10.6. The maximum Gasteiger partial charge on any atom is 0.0521 e. The molecular formula is C20H26N2. The molecule has 0 saturated carbocycles. The van der Waals surface area contributed by atoms with Crippen LogP contribution in [0.3, 0.4) is 0 Å². The van der Waals surface area contributed by atoms with Crippen LogP contribution in [-0.2, 0) is 0 Å². The van der Waals surface area contributed by atoms with Gasteiger partial charge in [0.15, 0.2) is 0 Å². The third-order valence-corrected chi connectivity index (χ3v) is 4.73. The molecule has 0 unspecified atom stereocenters. The van der Waals surface area contributed by atoms with Crippen LogP contribution in [0, 0.1) is 27.7 Å². The predicted octanol–water partition coefficient (Wildman–Crippen LogP) is 3.90. The van der Waals surface area contributed by atoms with Gasteiger partial charge in [0, 0.05) is 13.1 Å². The van der Waals surface area contributed by atoms with E-state index in [2.05, 4.69) is 74.7 Å². The highest BCUT2D eigenvalue weighted by Crippen LogP contribution is 2.34. The minimum Gasteiger partial charge on any atom is -0.307 e. The van der Waals surface area contributed by atoms with Gasteiger partial charge in [-0.3, -0.25) is 0 Å². The van der Waals surface area contributed by atoms with Crippen LogP contribution in [0.15, 0.2) is 36.4 Å². The van der Waals surface area contributed by atoms with E-state index < -0.39 is 0 Å². The highest BCUT2D eigenvalue weighted by atomic mass is 15.1. The number of benzene rings is 2. The molecule has 2 N–H and O–H groups in total. The Bertz CT molecular complexity index is 616. The summed E-state index contributed by atoms with van der Waals surface area (Å²) in [6, 6.07) is 14.2. The highest BCUT2D eigenvalue weighted by Gasteiger charge is 2.29. The van der Waals surface area contributed by atoms with Gasteiger partial charge >= 0.3 is 0 Å². The van der Waals surface area contributed by atoms with E-state index in [4.69, 9.17) is 0 Å². The first-order valence-electron chi connectivity index (χ1n) is 8.17. The van der Waals surface area contributed by atoms with Gasteiger partial charge in [0.2, 0.25) is 0 Å². The molecule has 2 atom stereocenters. The van der Waals surface area contributed by atoms with Crippen LogP contribution < -0.4 is 10.6 Å². The van der Waals surface area contributed by atoms with Crippen LogP contribution in [0.5, 0.6) is 0 Å². The lowest BCUT2D eigenvalue weighted by atomic mass is 9.86. The van der Waals surface area contributed by atoms with E-state index in [1.54, 1.807) is 0 Å². The molecule has 1 aliphatic rings. The van der Waals surface area contributed by atoms with Crippen molar-refractivity contribution >= 4 is 0 Å². The van der Waals surface area contributed by atoms with Crippen LogP contribution in [0.1, 0.15) is 45.5 Å². The summed E-state index contributed by atoms with van der Waals surface area (Å²) in [4.78, 5) is 0. The normalized spacial score (nSPS) is 21.8. The van der Waals surface area contributed by atoms with Crippen molar-refractivity contribution in [3.63, 3.8) is 0 Å². The average molecular weight is 294 g/mol. The van der Waals surface area contributed by atoms with E-state index in [9.17, 15) is 0 Å². The molecule has 1 fully saturated rings. The lowest BCUT2D eigenvalue weighted by molar-refractivity contribution is 0.331. The summed E-state index contributed by atoms with van der Waals surface area (Å²) in [7, 11) is 0. The monoisotopic (exact) mass is 294 g/mol. The Hall–Kier alpha value is -1.64. The second kappa shape index (κ2) is 6.23. The molecule has 1 saturated heterocycles. The molecule has 0 amide bonds. The summed E-state index contributed by atoms with van der Waals surface area (Å²) in [5.41, 5.74) is 8.21. The van der Waals surface area contributed by atoms with Crippen molar-refractivity contribution in [3.8, 4) is 0 Å². The van der Waals surface area contributed by atoms with E-state index in [0.717, 1.165) is 13.1 Å². The first kappa shape index (κ1) is 15.3. The average Bonchev–Trinajstić information content (AvgIpc) is 2.52. The summed E-state index contributed by atoms with van der Waals surface area (Å²) in [6.07, 6.45) is 0. The Balaban J connectivity index is 2.05. The van der Waals surface area contributed by atoms with Crippen molar-refractivity contribution in [3.05, 3.63) is 69.8 Å². The Morgan fingerprint density at radius 2 is 1.09 bits per heavy atom. The summed E-state index contributed by atoms with van der Waals surface area (Å²) in [6.45, 7) is 10.8. The quantitative estimate of drug-likeness (QED) is 0.878. The maximum atomic E-state index is 3.74. The van der Waals surface area contributed by atoms with Crippen LogP contribution in [0.25, 0.3) is 0 Å². The van der Waals surface area contributed by atoms with Crippen molar-refractivity contribution in [2.45, 2.75) is 39.8 Å². The Labute approximate surface area is 134 Å². The van der Waals surface area contributed by atoms with E-state index in [1.807, 2.05) is 0 Å². The van der Waals surface area contributed by atoms with Crippen LogP contribution >= 0.6 is 0 Å². The van der Waals surface area contributed by atoms with Gasteiger partial charge in [0.1, 0.15) is 0 Å². The molecule has 1 heterocycles. The molecule has 2 aromatic rings. The summed E-state index contributed by atoms with van der Waals surface area (Å²) in [5.74, 6) is 0. The summed E-state index contributed by atoms with van der Waals surface area (Å²) >= 11 is 0. The fourth-order valence-electron chi connectivity index (χ4n) is 3.46. The molecule has 0 aliphatic carbocycles. The van der Waals surface area contributed by atoms with Crippen molar-refractivity contribution in [1.82, 2.24) is 10.6 Å². The topological polar surface area (TPSA) is 24.1 Å².